The van der Waals surface area contributed by atoms with Crippen LogP contribution in [0.15, 0.2) is 18.2 Å². The number of hydrogen-bond donors (Lipinski definition) is 2. The summed E-state index contributed by atoms with van der Waals surface area (Å²) in [7, 11) is 3.70. The monoisotopic (exact) mass is 251 g/mol. The van der Waals surface area contributed by atoms with Crippen LogP contribution in [0.3, 0.4) is 0 Å². The molecule has 1 aromatic carbocycles. The highest BCUT2D eigenvalue weighted by Crippen LogP contribution is 2.31. The third-order valence-electron chi connectivity index (χ3n) is 3.09. The van der Waals surface area contributed by atoms with Crippen LogP contribution in [0, 0.1) is 0 Å². The van der Waals surface area contributed by atoms with E-state index in [0.29, 0.717) is 19.0 Å². The molecule has 0 aromatic heterocycles. The van der Waals surface area contributed by atoms with E-state index in [4.69, 9.17) is 16.2 Å². The van der Waals surface area contributed by atoms with E-state index in [0.717, 1.165) is 11.4 Å². The van der Waals surface area contributed by atoms with Crippen molar-refractivity contribution in [3.05, 3.63) is 23.8 Å². The molecule has 0 heterocycles. The number of nitrogens with zero attached hydrogens (tertiary/aromatic N) is 1. The highest BCUT2D eigenvalue weighted by atomic mass is 16.5. The summed E-state index contributed by atoms with van der Waals surface area (Å²) < 4.78 is 5.40. The van der Waals surface area contributed by atoms with Crippen LogP contribution < -0.4 is 21.1 Å². The number of nitrogens with two attached hydrogens (primary N) is 2. The molecule has 0 saturated heterocycles. The summed E-state index contributed by atoms with van der Waals surface area (Å²) in [6.45, 7) is 5.55. The third kappa shape index (κ3) is 3.62. The van der Waals surface area contributed by atoms with Crippen molar-refractivity contribution in [3.8, 4) is 5.75 Å². The second-order valence-corrected chi connectivity index (χ2v) is 4.96. The van der Waals surface area contributed by atoms with Crippen molar-refractivity contribution in [2.24, 2.45) is 11.5 Å². The van der Waals surface area contributed by atoms with Crippen molar-refractivity contribution < 1.29 is 4.74 Å². The SMILES string of the molecule is COc1ccc(C(C)C)cc1N(C)CC(N)CN. The van der Waals surface area contributed by atoms with Crippen molar-refractivity contribution in [1.82, 2.24) is 0 Å². The zero-order valence-electron chi connectivity index (χ0n) is 11.8. The molecule has 1 unspecified atom stereocenters. The minimum absolute atomic E-state index is 0.0255. The molecule has 1 atom stereocenters. The van der Waals surface area contributed by atoms with E-state index in [1.54, 1.807) is 7.11 Å². The molecule has 1 rings (SSSR count). The summed E-state index contributed by atoms with van der Waals surface area (Å²) in [6.07, 6.45) is 0. The number of likely N-dealkylation sites (N-methyl/N-ethyl adjacent to an activating group) is 1. The molecule has 0 saturated carbocycles. The highest BCUT2D eigenvalue weighted by Gasteiger charge is 2.13. The Morgan fingerprint density at radius 2 is 2.00 bits per heavy atom. The molecule has 0 aliphatic heterocycles. The number of ether oxygens (including phenoxy) is 1. The second-order valence-electron chi connectivity index (χ2n) is 4.96. The van der Waals surface area contributed by atoms with Gasteiger partial charge in [-0.05, 0) is 23.6 Å². The van der Waals surface area contributed by atoms with Gasteiger partial charge in [-0.2, -0.15) is 0 Å². The lowest BCUT2D eigenvalue weighted by atomic mass is 10.0. The Bertz CT molecular complexity index is 379. The fourth-order valence-corrected chi connectivity index (χ4v) is 1.89. The molecule has 18 heavy (non-hydrogen) atoms. The summed E-state index contributed by atoms with van der Waals surface area (Å²) in [5.74, 6) is 1.36. The number of hydrogen-bond acceptors (Lipinski definition) is 4. The van der Waals surface area contributed by atoms with Crippen molar-refractivity contribution >= 4 is 5.69 Å². The summed E-state index contributed by atoms with van der Waals surface area (Å²) in [5, 5.41) is 0. The number of rotatable bonds is 6. The van der Waals surface area contributed by atoms with Crippen molar-refractivity contribution in [3.63, 3.8) is 0 Å². The minimum atomic E-state index is -0.0255. The van der Waals surface area contributed by atoms with Gasteiger partial charge >= 0.3 is 0 Å². The van der Waals surface area contributed by atoms with E-state index in [-0.39, 0.29) is 6.04 Å². The van der Waals surface area contributed by atoms with Gasteiger partial charge in [-0.25, -0.2) is 0 Å². The van der Waals surface area contributed by atoms with E-state index in [2.05, 4.69) is 30.9 Å². The predicted molar refractivity (Wildman–Crippen MR) is 77.4 cm³/mol. The van der Waals surface area contributed by atoms with Crippen LogP contribution in [0.2, 0.25) is 0 Å². The van der Waals surface area contributed by atoms with Gasteiger partial charge in [-0.1, -0.05) is 19.9 Å². The molecule has 0 fully saturated rings. The van der Waals surface area contributed by atoms with Gasteiger partial charge in [0.15, 0.2) is 0 Å². The van der Waals surface area contributed by atoms with Crippen LogP contribution >= 0.6 is 0 Å². The Morgan fingerprint density at radius 1 is 1.33 bits per heavy atom. The zero-order valence-corrected chi connectivity index (χ0v) is 11.8. The smallest absolute Gasteiger partial charge is 0.142 e. The maximum atomic E-state index is 5.89. The fourth-order valence-electron chi connectivity index (χ4n) is 1.89. The van der Waals surface area contributed by atoms with Crippen molar-refractivity contribution in [1.29, 1.82) is 0 Å². The second kappa shape index (κ2) is 6.61. The average Bonchev–Trinajstić information content (AvgIpc) is 2.37. The normalized spacial score (nSPS) is 12.6. The van der Waals surface area contributed by atoms with Crippen LogP contribution in [-0.2, 0) is 0 Å². The van der Waals surface area contributed by atoms with E-state index in [1.165, 1.54) is 5.56 Å². The topological polar surface area (TPSA) is 64.5 Å². The fraction of sp³-hybridized carbons (Fsp3) is 0.571. The molecule has 4 N–H and O–H groups in total. The maximum absolute atomic E-state index is 5.89. The highest BCUT2D eigenvalue weighted by molar-refractivity contribution is 5.60. The standard InChI is InChI=1S/C14H25N3O/c1-10(2)11-5-6-14(18-4)13(7-11)17(3)9-12(16)8-15/h5-7,10,12H,8-9,15-16H2,1-4H3. The van der Waals surface area contributed by atoms with E-state index >= 15 is 0 Å². The van der Waals surface area contributed by atoms with E-state index < -0.39 is 0 Å². The summed E-state index contributed by atoms with van der Waals surface area (Å²) >= 11 is 0. The Labute approximate surface area is 110 Å². The van der Waals surface area contributed by atoms with Gasteiger partial charge in [0.25, 0.3) is 0 Å². The van der Waals surface area contributed by atoms with Gasteiger partial charge in [0, 0.05) is 26.2 Å². The van der Waals surface area contributed by atoms with Crippen LogP contribution in [-0.4, -0.2) is 33.3 Å². The van der Waals surface area contributed by atoms with Gasteiger partial charge in [0.05, 0.1) is 12.8 Å². The predicted octanol–water partition coefficient (Wildman–Crippen LogP) is 1.54. The molecule has 0 aliphatic carbocycles. The first kappa shape index (κ1) is 14.8. The number of anilines is 1. The Morgan fingerprint density at radius 3 is 2.50 bits per heavy atom. The van der Waals surface area contributed by atoms with E-state index in [9.17, 15) is 0 Å². The van der Waals surface area contributed by atoms with Crippen LogP contribution in [0.5, 0.6) is 5.75 Å². The first-order valence-electron chi connectivity index (χ1n) is 6.34. The molecule has 0 spiro atoms. The van der Waals surface area contributed by atoms with Crippen molar-refractivity contribution in [2.45, 2.75) is 25.8 Å². The summed E-state index contributed by atoms with van der Waals surface area (Å²) in [5.41, 5.74) is 13.8. The van der Waals surface area contributed by atoms with Crippen LogP contribution in [0.1, 0.15) is 25.3 Å². The first-order valence-corrected chi connectivity index (χ1v) is 6.34. The molecule has 1 aromatic rings. The first-order chi connectivity index (χ1) is 8.49. The lowest BCUT2D eigenvalue weighted by Crippen LogP contribution is -2.40. The Hall–Kier alpha value is -1.26. The minimum Gasteiger partial charge on any atom is -0.495 e. The lowest BCUT2D eigenvalue weighted by molar-refractivity contribution is 0.414. The molecule has 0 amide bonds. The average molecular weight is 251 g/mol. The van der Waals surface area contributed by atoms with Gasteiger partial charge in [0.1, 0.15) is 5.75 Å². The van der Waals surface area contributed by atoms with Crippen LogP contribution in [0.25, 0.3) is 0 Å². The summed E-state index contributed by atoms with van der Waals surface area (Å²) in [4.78, 5) is 2.10. The molecule has 0 aliphatic rings. The number of methoxy groups -OCH3 is 1. The summed E-state index contributed by atoms with van der Waals surface area (Å²) in [6, 6.07) is 6.24. The maximum Gasteiger partial charge on any atom is 0.142 e. The van der Waals surface area contributed by atoms with Gasteiger partial charge in [-0.15, -0.1) is 0 Å². The van der Waals surface area contributed by atoms with Crippen LogP contribution in [0.4, 0.5) is 5.69 Å². The number of benzene rings is 1. The van der Waals surface area contributed by atoms with Gasteiger partial charge in [-0.3, -0.25) is 0 Å². The molecule has 102 valence electrons. The molecular weight excluding hydrogens is 226 g/mol. The Balaban J connectivity index is 2.99. The molecule has 0 bridgehead atoms. The molecule has 4 heteroatoms. The quantitative estimate of drug-likeness (QED) is 0.805. The van der Waals surface area contributed by atoms with Gasteiger partial charge < -0.3 is 21.1 Å². The Kier molecular flexibility index (Phi) is 5.44. The zero-order chi connectivity index (χ0) is 13.7. The molecular formula is C14H25N3O. The molecule has 4 nitrogen and oxygen atoms in total. The largest absolute Gasteiger partial charge is 0.495 e. The van der Waals surface area contributed by atoms with Gasteiger partial charge in [0.2, 0.25) is 0 Å². The third-order valence-corrected chi connectivity index (χ3v) is 3.09. The lowest BCUT2D eigenvalue weighted by Gasteiger charge is -2.25. The molecule has 0 radical (unpaired) electrons. The van der Waals surface area contributed by atoms with Crippen molar-refractivity contribution in [2.75, 3.05) is 32.1 Å². The van der Waals surface area contributed by atoms with E-state index in [1.807, 2.05) is 13.1 Å².